The molecule has 6 nitrogen and oxygen atoms in total. The number of para-hydroxylation sites is 1. The predicted octanol–water partition coefficient (Wildman–Crippen LogP) is 6.01. The van der Waals surface area contributed by atoms with Gasteiger partial charge in [-0.15, -0.1) is 0 Å². The highest BCUT2D eigenvalue weighted by Gasteiger charge is 2.17. The van der Waals surface area contributed by atoms with Gasteiger partial charge in [0.15, 0.2) is 5.76 Å². The first-order valence-corrected chi connectivity index (χ1v) is 10.4. The summed E-state index contributed by atoms with van der Waals surface area (Å²) in [6, 6.07) is 19.4. The summed E-state index contributed by atoms with van der Waals surface area (Å²) in [5, 5.41) is 6.53. The number of ether oxygens (including phenoxy) is 1. The maximum atomic E-state index is 13.3. The number of hydrogen-bond donors (Lipinski definition) is 0. The molecule has 0 spiro atoms. The minimum Gasteiger partial charge on any atom is -0.496 e. The Morgan fingerprint density at radius 1 is 1.03 bits per heavy atom. The molecule has 3 aromatic carbocycles. The van der Waals surface area contributed by atoms with Crippen molar-refractivity contribution in [2.24, 2.45) is 5.10 Å². The Balaban J connectivity index is 1.75. The van der Waals surface area contributed by atoms with Gasteiger partial charge in [-0.2, -0.15) is 9.78 Å². The second-order valence-corrected chi connectivity index (χ2v) is 7.81. The molecule has 8 heteroatoms. The maximum Gasteiger partial charge on any atom is 0.282 e. The standard InChI is InChI=1S/C24H15Cl2N3O3/c1-31-20-7-4-8-21-17(20)12-22(32-21)23-28-19-6-3-2-5-16(19)24(30)29(23)27-13-14-9-10-15(25)11-18(14)26/h2-13H,1H3. The average molecular weight is 464 g/mol. The summed E-state index contributed by atoms with van der Waals surface area (Å²) in [4.78, 5) is 18.0. The summed E-state index contributed by atoms with van der Waals surface area (Å²) in [6.07, 6.45) is 1.49. The number of rotatable bonds is 4. The molecule has 0 saturated heterocycles. The highest BCUT2D eigenvalue weighted by Crippen LogP contribution is 2.33. The van der Waals surface area contributed by atoms with E-state index in [-0.39, 0.29) is 11.4 Å². The summed E-state index contributed by atoms with van der Waals surface area (Å²) in [5.41, 5.74) is 1.42. The summed E-state index contributed by atoms with van der Waals surface area (Å²) in [5.74, 6) is 1.30. The molecule has 0 fully saturated rings. The zero-order chi connectivity index (χ0) is 22.2. The van der Waals surface area contributed by atoms with Gasteiger partial charge < -0.3 is 9.15 Å². The van der Waals surface area contributed by atoms with Crippen LogP contribution in [0.1, 0.15) is 5.56 Å². The molecule has 0 bridgehead atoms. The van der Waals surface area contributed by atoms with Crippen LogP contribution in [0.3, 0.4) is 0 Å². The van der Waals surface area contributed by atoms with E-state index in [1.54, 1.807) is 49.6 Å². The quantitative estimate of drug-likeness (QED) is 0.306. The first-order chi connectivity index (χ1) is 15.5. The summed E-state index contributed by atoms with van der Waals surface area (Å²) < 4.78 is 12.6. The number of halogens is 2. The molecule has 0 aliphatic rings. The van der Waals surface area contributed by atoms with Crippen LogP contribution < -0.4 is 10.3 Å². The Morgan fingerprint density at radius 2 is 1.88 bits per heavy atom. The van der Waals surface area contributed by atoms with Gasteiger partial charge in [-0.05, 0) is 42.5 Å². The van der Waals surface area contributed by atoms with Crippen LogP contribution in [0.5, 0.6) is 5.75 Å². The molecular weight excluding hydrogens is 449 g/mol. The molecule has 0 atom stereocenters. The molecule has 0 amide bonds. The largest absolute Gasteiger partial charge is 0.496 e. The van der Waals surface area contributed by atoms with E-state index in [1.165, 1.54) is 10.9 Å². The minimum absolute atomic E-state index is 0.258. The second-order valence-electron chi connectivity index (χ2n) is 6.96. The highest BCUT2D eigenvalue weighted by molar-refractivity contribution is 6.36. The molecule has 32 heavy (non-hydrogen) atoms. The molecule has 5 rings (SSSR count). The Labute approximate surface area is 192 Å². The van der Waals surface area contributed by atoms with E-state index < -0.39 is 0 Å². The molecule has 0 aliphatic heterocycles. The Bertz CT molecular complexity index is 1570. The molecule has 0 N–H and O–H groups in total. The van der Waals surface area contributed by atoms with E-state index >= 15 is 0 Å². The molecule has 0 radical (unpaired) electrons. The Hall–Kier alpha value is -3.61. The number of methoxy groups -OCH3 is 1. The maximum absolute atomic E-state index is 13.3. The van der Waals surface area contributed by atoms with Crippen molar-refractivity contribution in [2.45, 2.75) is 0 Å². The molecule has 2 aromatic heterocycles. The van der Waals surface area contributed by atoms with Gasteiger partial charge in [0, 0.05) is 10.6 Å². The number of nitrogens with zero attached hydrogens (tertiary/aromatic N) is 3. The minimum atomic E-state index is -0.334. The molecule has 0 aliphatic carbocycles. The van der Waals surface area contributed by atoms with Crippen LogP contribution in [0.4, 0.5) is 0 Å². The molecule has 5 aromatic rings. The summed E-state index contributed by atoms with van der Waals surface area (Å²) in [6.45, 7) is 0. The number of aromatic nitrogens is 2. The monoisotopic (exact) mass is 463 g/mol. The Kier molecular flexibility index (Phi) is 5.17. The lowest BCUT2D eigenvalue weighted by atomic mass is 10.2. The van der Waals surface area contributed by atoms with E-state index in [0.717, 1.165) is 5.39 Å². The van der Waals surface area contributed by atoms with E-state index in [0.29, 0.717) is 43.6 Å². The SMILES string of the molecule is COc1cccc2oc(-c3nc4ccccc4c(=O)n3N=Cc3ccc(Cl)cc3Cl)cc12. The van der Waals surface area contributed by atoms with Gasteiger partial charge >= 0.3 is 0 Å². The van der Waals surface area contributed by atoms with Crippen molar-refractivity contribution in [3.63, 3.8) is 0 Å². The van der Waals surface area contributed by atoms with Gasteiger partial charge in [0.1, 0.15) is 11.3 Å². The number of furan rings is 1. The zero-order valence-corrected chi connectivity index (χ0v) is 18.3. The van der Waals surface area contributed by atoms with Crippen molar-refractivity contribution in [2.75, 3.05) is 7.11 Å². The fourth-order valence-corrected chi connectivity index (χ4v) is 3.90. The third kappa shape index (κ3) is 3.53. The zero-order valence-electron chi connectivity index (χ0n) is 16.8. The van der Waals surface area contributed by atoms with Gasteiger partial charge in [0.25, 0.3) is 5.56 Å². The van der Waals surface area contributed by atoms with Crippen molar-refractivity contribution < 1.29 is 9.15 Å². The van der Waals surface area contributed by atoms with E-state index in [4.69, 9.17) is 32.4 Å². The van der Waals surface area contributed by atoms with Crippen LogP contribution in [0.15, 0.2) is 81.0 Å². The van der Waals surface area contributed by atoms with Gasteiger partial charge in [0.05, 0.1) is 34.6 Å². The van der Waals surface area contributed by atoms with Gasteiger partial charge in [-0.25, -0.2) is 4.98 Å². The number of hydrogen-bond acceptors (Lipinski definition) is 5. The van der Waals surface area contributed by atoms with Crippen molar-refractivity contribution in [1.29, 1.82) is 0 Å². The lowest BCUT2D eigenvalue weighted by Crippen LogP contribution is -2.20. The first kappa shape index (κ1) is 20.3. The van der Waals surface area contributed by atoms with Crippen LogP contribution in [-0.2, 0) is 0 Å². The van der Waals surface area contributed by atoms with Crippen molar-refractivity contribution in [1.82, 2.24) is 9.66 Å². The van der Waals surface area contributed by atoms with E-state index in [9.17, 15) is 4.79 Å². The van der Waals surface area contributed by atoms with Crippen LogP contribution in [0.25, 0.3) is 33.5 Å². The summed E-state index contributed by atoms with van der Waals surface area (Å²) in [7, 11) is 1.59. The number of fused-ring (bicyclic) bond motifs is 2. The predicted molar refractivity (Wildman–Crippen MR) is 127 cm³/mol. The Morgan fingerprint density at radius 3 is 2.69 bits per heavy atom. The van der Waals surface area contributed by atoms with Crippen LogP contribution in [0.2, 0.25) is 10.0 Å². The number of benzene rings is 3. The normalized spacial score (nSPS) is 11.6. The fourth-order valence-electron chi connectivity index (χ4n) is 3.44. The average Bonchev–Trinajstić information content (AvgIpc) is 3.24. The third-order valence-corrected chi connectivity index (χ3v) is 5.55. The molecule has 0 unspecified atom stereocenters. The lowest BCUT2D eigenvalue weighted by molar-refractivity contribution is 0.419. The van der Waals surface area contributed by atoms with Gasteiger partial charge in [-0.3, -0.25) is 4.79 Å². The molecule has 158 valence electrons. The fraction of sp³-hybridized carbons (Fsp3) is 0.0417. The molecule has 0 saturated carbocycles. The molecular formula is C24H15Cl2N3O3. The van der Waals surface area contributed by atoms with E-state index in [1.807, 2.05) is 24.3 Å². The van der Waals surface area contributed by atoms with E-state index in [2.05, 4.69) is 10.1 Å². The van der Waals surface area contributed by atoms with Crippen molar-refractivity contribution in [3.8, 4) is 17.3 Å². The van der Waals surface area contributed by atoms with Crippen LogP contribution in [-0.4, -0.2) is 23.0 Å². The second kappa shape index (κ2) is 8.15. The van der Waals surface area contributed by atoms with Crippen LogP contribution >= 0.6 is 23.2 Å². The lowest BCUT2D eigenvalue weighted by Gasteiger charge is -2.07. The van der Waals surface area contributed by atoms with Crippen LogP contribution in [0, 0.1) is 0 Å². The third-order valence-electron chi connectivity index (χ3n) is 4.99. The first-order valence-electron chi connectivity index (χ1n) is 9.63. The highest BCUT2D eigenvalue weighted by atomic mass is 35.5. The molecule has 2 heterocycles. The van der Waals surface area contributed by atoms with Crippen molar-refractivity contribution >= 4 is 51.3 Å². The smallest absolute Gasteiger partial charge is 0.282 e. The van der Waals surface area contributed by atoms with Gasteiger partial charge in [-0.1, -0.05) is 47.5 Å². The topological polar surface area (TPSA) is 69.6 Å². The van der Waals surface area contributed by atoms with Crippen molar-refractivity contribution in [3.05, 3.63) is 92.7 Å². The van der Waals surface area contributed by atoms with Gasteiger partial charge in [0.2, 0.25) is 5.82 Å². The summed E-state index contributed by atoms with van der Waals surface area (Å²) >= 11 is 12.2.